The van der Waals surface area contributed by atoms with E-state index in [4.69, 9.17) is 16.3 Å². The molecule has 0 spiro atoms. The van der Waals surface area contributed by atoms with Crippen LogP contribution in [0.25, 0.3) is 0 Å². The fourth-order valence-electron chi connectivity index (χ4n) is 1.05. The summed E-state index contributed by atoms with van der Waals surface area (Å²) < 4.78 is 5.01. The second kappa shape index (κ2) is 5.46. The minimum atomic E-state index is -0.0815. The molecule has 15 heavy (non-hydrogen) atoms. The second-order valence-corrected chi connectivity index (χ2v) is 3.28. The van der Waals surface area contributed by atoms with Crippen LogP contribution in [0.3, 0.4) is 0 Å². The smallest absolute Gasteiger partial charge is 0.239 e. The van der Waals surface area contributed by atoms with Crippen molar-refractivity contribution in [3.63, 3.8) is 0 Å². The average Bonchev–Trinajstić information content (AvgIpc) is 2.26. The molecule has 0 atom stereocenters. The molecule has 0 saturated carbocycles. The summed E-state index contributed by atoms with van der Waals surface area (Å²) in [5, 5.41) is 5.96. The molecule has 0 aliphatic rings. The van der Waals surface area contributed by atoms with Crippen LogP contribution in [0.1, 0.15) is 0 Å². The van der Waals surface area contributed by atoms with E-state index >= 15 is 0 Å². The molecule has 0 aliphatic carbocycles. The third kappa shape index (κ3) is 3.32. The number of anilines is 1. The zero-order chi connectivity index (χ0) is 11.3. The van der Waals surface area contributed by atoms with Gasteiger partial charge >= 0.3 is 0 Å². The number of carbonyl (C=O) groups excluding carboxylic acids is 1. The predicted molar refractivity (Wildman–Crippen MR) is 60.6 cm³/mol. The van der Waals surface area contributed by atoms with E-state index in [0.29, 0.717) is 10.8 Å². The lowest BCUT2D eigenvalue weighted by Gasteiger charge is -2.08. The average molecular weight is 229 g/mol. The fraction of sp³-hybridized carbons (Fsp3) is 0.300. The van der Waals surface area contributed by atoms with E-state index in [2.05, 4.69) is 10.6 Å². The summed E-state index contributed by atoms with van der Waals surface area (Å²) in [6, 6.07) is 5.26. The van der Waals surface area contributed by atoms with E-state index in [0.717, 1.165) is 5.69 Å². The van der Waals surface area contributed by atoms with Crippen molar-refractivity contribution in [2.45, 2.75) is 0 Å². The van der Waals surface area contributed by atoms with E-state index in [1.807, 2.05) is 0 Å². The van der Waals surface area contributed by atoms with Crippen LogP contribution in [0.5, 0.6) is 5.75 Å². The molecule has 0 bridgehead atoms. The molecule has 1 amide bonds. The molecule has 0 heterocycles. The Morgan fingerprint density at radius 3 is 2.80 bits per heavy atom. The normalized spacial score (nSPS) is 9.53. The van der Waals surface area contributed by atoms with Gasteiger partial charge < -0.3 is 15.4 Å². The van der Waals surface area contributed by atoms with Crippen molar-refractivity contribution in [1.29, 1.82) is 0 Å². The van der Waals surface area contributed by atoms with Crippen molar-refractivity contribution in [3.05, 3.63) is 23.2 Å². The summed E-state index contributed by atoms with van der Waals surface area (Å²) in [5.41, 5.74) is 0.782. The number of likely N-dealkylation sites (N-methyl/N-ethyl adjacent to an activating group) is 1. The molecular formula is C10H13ClN2O2. The molecule has 2 N–H and O–H groups in total. The Morgan fingerprint density at radius 1 is 1.53 bits per heavy atom. The lowest BCUT2D eigenvalue weighted by molar-refractivity contribution is -0.118. The molecule has 1 rings (SSSR count). The molecular weight excluding hydrogens is 216 g/mol. The Balaban J connectivity index is 2.63. The van der Waals surface area contributed by atoms with Crippen molar-refractivity contribution in [1.82, 2.24) is 5.32 Å². The van der Waals surface area contributed by atoms with Gasteiger partial charge in [0.15, 0.2) is 0 Å². The highest BCUT2D eigenvalue weighted by Gasteiger charge is 2.02. The van der Waals surface area contributed by atoms with Crippen molar-refractivity contribution in [3.8, 4) is 5.75 Å². The molecule has 82 valence electrons. The van der Waals surface area contributed by atoms with Crippen LogP contribution in [-0.2, 0) is 4.79 Å². The van der Waals surface area contributed by atoms with Gasteiger partial charge in [-0.25, -0.2) is 0 Å². The molecule has 0 radical (unpaired) electrons. The maximum absolute atomic E-state index is 11.0. The number of nitrogens with one attached hydrogen (secondary N) is 2. The van der Waals surface area contributed by atoms with E-state index < -0.39 is 0 Å². The molecule has 0 aromatic heterocycles. The molecule has 0 saturated heterocycles. The van der Waals surface area contributed by atoms with Crippen molar-refractivity contribution >= 4 is 23.2 Å². The lowest BCUT2D eigenvalue weighted by Crippen LogP contribution is -2.26. The van der Waals surface area contributed by atoms with Crippen molar-refractivity contribution in [2.24, 2.45) is 0 Å². The maximum Gasteiger partial charge on any atom is 0.239 e. The summed E-state index contributed by atoms with van der Waals surface area (Å²) in [4.78, 5) is 11.0. The minimum Gasteiger partial charge on any atom is -0.495 e. The highest BCUT2D eigenvalue weighted by atomic mass is 35.5. The van der Waals surface area contributed by atoms with Crippen LogP contribution in [0.15, 0.2) is 18.2 Å². The van der Waals surface area contributed by atoms with Gasteiger partial charge in [0.05, 0.1) is 18.7 Å². The van der Waals surface area contributed by atoms with E-state index in [1.54, 1.807) is 32.4 Å². The van der Waals surface area contributed by atoms with Gasteiger partial charge in [0, 0.05) is 12.7 Å². The summed E-state index contributed by atoms with van der Waals surface area (Å²) in [6.07, 6.45) is 0. The van der Waals surface area contributed by atoms with E-state index in [9.17, 15) is 4.79 Å². The zero-order valence-electron chi connectivity index (χ0n) is 8.63. The topological polar surface area (TPSA) is 50.4 Å². The molecule has 0 fully saturated rings. The highest BCUT2D eigenvalue weighted by molar-refractivity contribution is 6.32. The summed E-state index contributed by atoms with van der Waals surface area (Å²) >= 11 is 5.91. The molecule has 1 aromatic carbocycles. The summed E-state index contributed by atoms with van der Waals surface area (Å²) in [5.74, 6) is 0.532. The highest BCUT2D eigenvalue weighted by Crippen LogP contribution is 2.26. The van der Waals surface area contributed by atoms with Gasteiger partial charge in [-0.05, 0) is 18.2 Å². The maximum atomic E-state index is 11.0. The largest absolute Gasteiger partial charge is 0.495 e. The van der Waals surface area contributed by atoms with Gasteiger partial charge in [0.1, 0.15) is 5.75 Å². The number of ether oxygens (including phenoxy) is 1. The molecule has 5 heteroatoms. The monoisotopic (exact) mass is 228 g/mol. The van der Waals surface area contributed by atoms with Crippen LogP contribution >= 0.6 is 11.6 Å². The number of benzene rings is 1. The van der Waals surface area contributed by atoms with Crippen LogP contribution in [0, 0.1) is 0 Å². The number of hydrogen-bond donors (Lipinski definition) is 2. The number of carbonyl (C=O) groups is 1. The fourth-order valence-corrected chi connectivity index (χ4v) is 1.30. The van der Waals surface area contributed by atoms with Gasteiger partial charge in [0.25, 0.3) is 0 Å². The van der Waals surface area contributed by atoms with Crippen LogP contribution in [0.2, 0.25) is 5.02 Å². The Labute approximate surface area is 93.6 Å². The second-order valence-electron chi connectivity index (χ2n) is 2.88. The number of amides is 1. The quantitative estimate of drug-likeness (QED) is 0.821. The third-order valence-corrected chi connectivity index (χ3v) is 2.18. The summed E-state index contributed by atoms with van der Waals surface area (Å²) in [6.45, 7) is 0.221. The van der Waals surface area contributed by atoms with E-state index in [-0.39, 0.29) is 12.5 Å². The van der Waals surface area contributed by atoms with E-state index in [1.165, 1.54) is 0 Å². The van der Waals surface area contributed by atoms with Crippen LogP contribution in [-0.4, -0.2) is 26.6 Å². The first kappa shape index (κ1) is 11.7. The summed E-state index contributed by atoms with van der Waals surface area (Å²) in [7, 11) is 3.14. The van der Waals surface area contributed by atoms with Gasteiger partial charge in [-0.15, -0.1) is 0 Å². The van der Waals surface area contributed by atoms with Gasteiger partial charge in [0.2, 0.25) is 5.91 Å². The molecule has 4 nitrogen and oxygen atoms in total. The lowest BCUT2D eigenvalue weighted by atomic mass is 10.3. The Kier molecular flexibility index (Phi) is 4.24. The number of methoxy groups -OCH3 is 1. The minimum absolute atomic E-state index is 0.0815. The first-order valence-corrected chi connectivity index (χ1v) is 4.83. The Hall–Kier alpha value is -1.42. The number of hydrogen-bond acceptors (Lipinski definition) is 3. The van der Waals surface area contributed by atoms with Crippen molar-refractivity contribution < 1.29 is 9.53 Å². The first-order chi connectivity index (χ1) is 7.17. The first-order valence-electron chi connectivity index (χ1n) is 4.45. The molecule has 1 aromatic rings. The Morgan fingerprint density at radius 2 is 2.27 bits per heavy atom. The van der Waals surface area contributed by atoms with Crippen LogP contribution < -0.4 is 15.4 Å². The number of halogens is 1. The van der Waals surface area contributed by atoms with Crippen LogP contribution in [0.4, 0.5) is 5.69 Å². The number of rotatable bonds is 4. The van der Waals surface area contributed by atoms with Gasteiger partial charge in [-0.3, -0.25) is 4.79 Å². The van der Waals surface area contributed by atoms with Gasteiger partial charge in [-0.1, -0.05) is 11.6 Å². The SMILES string of the molecule is CNC(=O)CNc1ccc(OC)c(Cl)c1. The molecule has 0 aliphatic heterocycles. The zero-order valence-corrected chi connectivity index (χ0v) is 9.39. The third-order valence-electron chi connectivity index (χ3n) is 1.88. The molecule has 0 unspecified atom stereocenters. The van der Waals surface area contributed by atoms with Crippen molar-refractivity contribution in [2.75, 3.05) is 26.0 Å². The standard InChI is InChI=1S/C10H13ClN2O2/c1-12-10(14)6-13-7-3-4-9(15-2)8(11)5-7/h3-5,13H,6H2,1-2H3,(H,12,14). The van der Waals surface area contributed by atoms with Gasteiger partial charge in [-0.2, -0.15) is 0 Å². The predicted octanol–water partition coefficient (Wildman–Crippen LogP) is 1.51. The Bertz CT molecular complexity index is 355.